The molecule has 2 aromatic heterocycles. The minimum atomic E-state index is 0.409. The molecule has 0 atom stereocenters. The van der Waals surface area contributed by atoms with Crippen LogP contribution < -0.4 is 5.73 Å². The van der Waals surface area contributed by atoms with Crippen LogP contribution in [0.15, 0.2) is 27.2 Å². The van der Waals surface area contributed by atoms with E-state index in [1.807, 2.05) is 13.8 Å². The minimum absolute atomic E-state index is 0.409. The fraction of sp³-hybridized carbons (Fsp3) is 0.154. The lowest BCUT2D eigenvalue weighted by Gasteiger charge is -2.05. The molecule has 0 spiro atoms. The summed E-state index contributed by atoms with van der Waals surface area (Å²) in [6.07, 6.45) is 1.57. The Morgan fingerprint density at radius 2 is 2.06 bits per heavy atom. The molecule has 0 amide bonds. The van der Waals surface area contributed by atoms with Gasteiger partial charge >= 0.3 is 0 Å². The molecule has 0 aliphatic heterocycles. The first-order valence-corrected chi connectivity index (χ1v) is 5.86. The molecule has 3 rings (SSSR count). The van der Waals surface area contributed by atoms with Gasteiger partial charge in [0.1, 0.15) is 5.52 Å². The number of benzene rings is 1. The topological polar surface area (TPSA) is 65.2 Å². The summed E-state index contributed by atoms with van der Waals surface area (Å²) < 4.78 is 10.9. The van der Waals surface area contributed by atoms with E-state index in [0.717, 1.165) is 11.1 Å². The monoisotopic (exact) mass is 262 g/mol. The van der Waals surface area contributed by atoms with Crippen molar-refractivity contribution in [2.75, 3.05) is 5.73 Å². The van der Waals surface area contributed by atoms with Crippen molar-refractivity contribution in [2.45, 2.75) is 13.8 Å². The van der Waals surface area contributed by atoms with Crippen molar-refractivity contribution in [3.63, 3.8) is 0 Å². The first-order valence-electron chi connectivity index (χ1n) is 5.48. The molecule has 1 aromatic carbocycles. The lowest BCUT2D eigenvalue weighted by Crippen LogP contribution is -1.93. The summed E-state index contributed by atoms with van der Waals surface area (Å²) in [6, 6.07) is 3.56. The number of rotatable bonds is 1. The molecule has 3 aromatic rings. The molecule has 0 fully saturated rings. The number of furan rings is 1. The van der Waals surface area contributed by atoms with E-state index in [0.29, 0.717) is 33.5 Å². The molecule has 2 N–H and O–H groups in total. The van der Waals surface area contributed by atoms with E-state index < -0.39 is 0 Å². The zero-order valence-electron chi connectivity index (χ0n) is 9.95. The Bertz CT molecular complexity index is 684. The summed E-state index contributed by atoms with van der Waals surface area (Å²) in [6.45, 7) is 3.75. The molecule has 0 bridgehead atoms. The highest BCUT2D eigenvalue weighted by Crippen LogP contribution is 2.37. The summed E-state index contributed by atoms with van der Waals surface area (Å²) in [5, 5.41) is 0.624. The van der Waals surface area contributed by atoms with Gasteiger partial charge in [0.2, 0.25) is 0 Å². The predicted molar refractivity (Wildman–Crippen MR) is 70.6 cm³/mol. The van der Waals surface area contributed by atoms with E-state index >= 15 is 0 Å². The number of halogens is 1. The smallest absolute Gasteiger partial charge is 0.264 e. The SMILES string of the molecule is Cc1c(Cl)c(C)c2nc(-c3ccco3)oc2c1N. The van der Waals surface area contributed by atoms with Gasteiger partial charge < -0.3 is 14.6 Å². The molecular weight excluding hydrogens is 252 g/mol. The number of oxazole rings is 1. The Balaban J connectivity index is 2.36. The highest BCUT2D eigenvalue weighted by molar-refractivity contribution is 6.33. The van der Waals surface area contributed by atoms with Crippen LogP contribution in [0.5, 0.6) is 0 Å². The normalized spacial score (nSPS) is 11.3. The van der Waals surface area contributed by atoms with Crippen LogP contribution in [-0.2, 0) is 0 Å². The van der Waals surface area contributed by atoms with Crippen molar-refractivity contribution < 1.29 is 8.83 Å². The second kappa shape index (κ2) is 3.78. The zero-order valence-corrected chi connectivity index (χ0v) is 10.7. The van der Waals surface area contributed by atoms with Crippen LogP contribution in [0, 0.1) is 13.8 Å². The second-order valence-corrected chi connectivity index (χ2v) is 4.53. The van der Waals surface area contributed by atoms with Gasteiger partial charge in [0.25, 0.3) is 5.89 Å². The van der Waals surface area contributed by atoms with Crippen LogP contribution in [0.2, 0.25) is 5.02 Å². The first kappa shape index (κ1) is 11.2. The lowest BCUT2D eigenvalue weighted by atomic mass is 10.1. The fourth-order valence-electron chi connectivity index (χ4n) is 1.94. The van der Waals surface area contributed by atoms with Crippen LogP contribution in [0.25, 0.3) is 22.8 Å². The third-order valence-corrected chi connectivity index (χ3v) is 3.59. The molecular formula is C13H11ClN2O2. The van der Waals surface area contributed by atoms with Crippen molar-refractivity contribution in [1.82, 2.24) is 4.98 Å². The molecule has 2 heterocycles. The predicted octanol–water partition coefficient (Wildman–Crippen LogP) is 3.94. The van der Waals surface area contributed by atoms with Gasteiger partial charge in [-0.2, -0.15) is 0 Å². The van der Waals surface area contributed by atoms with Gasteiger partial charge in [-0.25, -0.2) is 4.98 Å². The van der Waals surface area contributed by atoms with Crippen molar-refractivity contribution >= 4 is 28.4 Å². The Hall–Kier alpha value is -1.94. The quantitative estimate of drug-likeness (QED) is 0.675. The van der Waals surface area contributed by atoms with Crippen molar-refractivity contribution in [3.05, 3.63) is 34.5 Å². The van der Waals surface area contributed by atoms with E-state index in [4.69, 9.17) is 26.2 Å². The number of hydrogen-bond acceptors (Lipinski definition) is 4. The molecule has 4 nitrogen and oxygen atoms in total. The summed E-state index contributed by atoms with van der Waals surface area (Å²) in [4.78, 5) is 4.39. The number of fused-ring (bicyclic) bond motifs is 1. The maximum atomic E-state index is 6.21. The highest BCUT2D eigenvalue weighted by atomic mass is 35.5. The minimum Gasteiger partial charge on any atom is -0.459 e. The standard InChI is InChI=1S/C13H11ClN2O2/c1-6-9(14)7(2)11-12(10(6)15)18-13(16-11)8-4-3-5-17-8/h3-5H,15H2,1-2H3. The summed E-state index contributed by atoms with van der Waals surface area (Å²) in [5.74, 6) is 0.977. The van der Waals surface area contributed by atoms with Gasteiger partial charge in [-0.3, -0.25) is 0 Å². The van der Waals surface area contributed by atoms with E-state index in [1.54, 1.807) is 18.4 Å². The van der Waals surface area contributed by atoms with Crippen molar-refractivity contribution in [3.8, 4) is 11.7 Å². The Kier molecular flexibility index (Phi) is 2.35. The maximum Gasteiger partial charge on any atom is 0.264 e. The third kappa shape index (κ3) is 1.42. The van der Waals surface area contributed by atoms with Crippen LogP contribution in [0.1, 0.15) is 11.1 Å². The van der Waals surface area contributed by atoms with Crippen LogP contribution in [0.3, 0.4) is 0 Å². The van der Waals surface area contributed by atoms with Gasteiger partial charge in [0, 0.05) is 0 Å². The summed E-state index contributed by atoms with van der Waals surface area (Å²) in [7, 11) is 0. The second-order valence-electron chi connectivity index (χ2n) is 4.15. The van der Waals surface area contributed by atoms with Gasteiger partial charge in [-0.05, 0) is 37.1 Å². The lowest BCUT2D eigenvalue weighted by molar-refractivity contribution is 0.535. The molecule has 0 aliphatic rings. The molecule has 0 saturated heterocycles. The van der Waals surface area contributed by atoms with Crippen LogP contribution in [0.4, 0.5) is 5.69 Å². The van der Waals surface area contributed by atoms with Gasteiger partial charge in [-0.15, -0.1) is 0 Å². The van der Waals surface area contributed by atoms with Gasteiger partial charge in [0.05, 0.1) is 17.0 Å². The third-order valence-electron chi connectivity index (χ3n) is 3.02. The highest BCUT2D eigenvalue weighted by Gasteiger charge is 2.18. The fourth-order valence-corrected chi connectivity index (χ4v) is 2.13. The number of anilines is 1. The number of aryl methyl sites for hydroxylation is 1. The molecule has 92 valence electrons. The molecule has 0 saturated carbocycles. The Labute approximate surface area is 108 Å². The largest absolute Gasteiger partial charge is 0.459 e. The zero-order chi connectivity index (χ0) is 12.9. The Morgan fingerprint density at radius 1 is 1.28 bits per heavy atom. The Morgan fingerprint density at radius 3 is 2.72 bits per heavy atom. The molecule has 18 heavy (non-hydrogen) atoms. The maximum absolute atomic E-state index is 6.21. The van der Waals surface area contributed by atoms with Crippen LogP contribution >= 0.6 is 11.6 Å². The number of hydrogen-bond donors (Lipinski definition) is 1. The number of nitrogens with two attached hydrogens (primary N) is 1. The number of aromatic nitrogens is 1. The average Bonchev–Trinajstić information content (AvgIpc) is 3.01. The number of nitrogen functional groups attached to an aromatic ring is 1. The van der Waals surface area contributed by atoms with Gasteiger partial charge in [0.15, 0.2) is 11.3 Å². The van der Waals surface area contributed by atoms with Crippen molar-refractivity contribution in [2.24, 2.45) is 0 Å². The van der Waals surface area contributed by atoms with Crippen molar-refractivity contribution in [1.29, 1.82) is 0 Å². The molecule has 5 heteroatoms. The first-order chi connectivity index (χ1) is 8.59. The summed E-state index contributed by atoms with van der Waals surface area (Å²) in [5.41, 5.74) is 9.43. The van der Waals surface area contributed by atoms with E-state index in [9.17, 15) is 0 Å². The number of nitrogens with zero attached hydrogens (tertiary/aromatic N) is 1. The van der Waals surface area contributed by atoms with Gasteiger partial charge in [-0.1, -0.05) is 11.6 Å². The molecule has 0 aliphatic carbocycles. The van der Waals surface area contributed by atoms with E-state index in [1.165, 1.54) is 0 Å². The summed E-state index contributed by atoms with van der Waals surface area (Å²) >= 11 is 6.21. The van der Waals surface area contributed by atoms with E-state index in [-0.39, 0.29) is 0 Å². The molecule has 0 unspecified atom stereocenters. The molecule has 0 radical (unpaired) electrons. The average molecular weight is 263 g/mol. The van der Waals surface area contributed by atoms with Crippen LogP contribution in [-0.4, -0.2) is 4.98 Å². The van der Waals surface area contributed by atoms with E-state index in [2.05, 4.69) is 4.98 Å².